The van der Waals surface area contributed by atoms with E-state index in [0.717, 1.165) is 90.3 Å². The molecule has 0 aromatic heterocycles. The number of rotatable bonds is 28. The van der Waals surface area contributed by atoms with Crippen LogP contribution >= 0.6 is 0 Å². The molecule has 0 spiro atoms. The van der Waals surface area contributed by atoms with Crippen LogP contribution in [-0.2, 0) is 70.0 Å². The first-order valence-electron chi connectivity index (χ1n) is 47.7. The zero-order valence-electron chi connectivity index (χ0n) is 83.0. The molecule has 9 unspecified atom stereocenters. The zero-order valence-corrected chi connectivity index (χ0v) is 83.0. The molecule has 2 aliphatic carbocycles. The van der Waals surface area contributed by atoms with E-state index in [2.05, 4.69) is 220 Å². The molecular weight excluding hydrogens is 1650 g/mol. The number of aryl methyl sites for hydroxylation is 2. The Bertz CT molecular complexity index is 5730. The van der Waals surface area contributed by atoms with Gasteiger partial charge in [0.25, 0.3) is 0 Å². The van der Waals surface area contributed by atoms with Gasteiger partial charge in [0, 0.05) is 0 Å². The lowest BCUT2D eigenvalue weighted by atomic mass is 9.90. The van der Waals surface area contributed by atoms with Gasteiger partial charge in [-0.2, -0.15) is 0 Å². The Morgan fingerprint density at radius 1 is 0.241 bits per heavy atom. The predicted molar refractivity (Wildman–Crippen MR) is 544 cm³/mol. The third-order valence-electron chi connectivity index (χ3n) is 26.2. The Morgan fingerprint density at radius 3 is 0.699 bits per heavy atom. The molecule has 14 rings (SSSR count). The van der Waals surface area contributed by atoms with Crippen molar-refractivity contribution >= 4 is 35.8 Å². The van der Waals surface area contributed by atoms with Gasteiger partial charge >= 0.3 is 35.8 Å². The Labute approximate surface area is 794 Å². The molecule has 12 heteroatoms. The molecule has 0 saturated heterocycles. The van der Waals surface area contributed by atoms with Gasteiger partial charge in [0.05, 0.1) is 34.0 Å². The summed E-state index contributed by atoms with van der Waals surface area (Å²) in [5.74, 6) is -0.916. The van der Waals surface area contributed by atoms with Crippen LogP contribution in [-0.4, -0.2) is 35.8 Å². The fraction of sp³-hybridized carbons (Fsp3) is 0.355. The summed E-state index contributed by atoms with van der Waals surface area (Å²) in [7, 11) is 0. The van der Waals surface area contributed by atoms with Crippen LogP contribution in [0.3, 0.4) is 0 Å². The number of fused-ring (bicyclic) bond motifs is 6. The Hall–Kier alpha value is -12.5. The van der Waals surface area contributed by atoms with Gasteiger partial charge in [-0.1, -0.05) is 365 Å². The molecule has 12 nitrogen and oxygen atoms in total. The minimum Gasteiger partial charge on any atom is -0.458 e. The van der Waals surface area contributed by atoms with E-state index in [4.69, 9.17) is 28.4 Å². The van der Waals surface area contributed by atoms with Gasteiger partial charge in [0.1, 0.15) is 36.6 Å². The number of benzene rings is 12. The van der Waals surface area contributed by atoms with Crippen molar-refractivity contribution in [3.05, 3.63) is 358 Å². The molecule has 12 aromatic carbocycles. The fourth-order valence-electron chi connectivity index (χ4n) is 14.5. The van der Waals surface area contributed by atoms with E-state index in [1.807, 2.05) is 230 Å². The topological polar surface area (TPSA) is 158 Å². The molecule has 133 heavy (non-hydrogen) atoms. The molecular formula is C121H142O12. The van der Waals surface area contributed by atoms with Crippen LogP contribution in [0, 0.1) is 47.8 Å². The summed E-state index contributed by atoms with van der Waals surface area (Å²) in [6, 6.07) is 100. The van der Waals surface area contributed by atoms with Crippen molar-refractivity contribution in [3.8, 4) is 66.8 Å². The molecule has 0 saturated carbocycles. The van der Waals surface area contributed by atoms with Gasteiger partial charge in [-0.25, -0.2) is 0 Å². The van der Waals surface area contributed by atoms with Crippen LogP contribution in [0.25, 0.3) is 66.8 Å². The van der Waals surface area contributed by atoms with Crippen molar-refractivity contribution in [2.24, 2.45) is 34.0 Å². The summed E-state index contributed by atoms with van der Waals surface area (Å²) in [5, 5.41) is 0. The lowest BCUT2D eigenvalue weighted by Crippen LogP contribution is -2.26. The highest BCUT2D eigenvalue weighted by molar-refractivity contribution is 5.81. The number of esters is 6. The largest absolute Gasteiger partial charge is 0.458 e. The van der Waals surface area contributed by atoms with Crippen molar-refractivity contribution in [3.63, 3.8) is 0 Å². The Kier molecular flexibility index (Phi) is 38.6. The second-order valence-corrected chi connectivity index (χ2v) is 37.5. The fourth-order valence-corrected chi connectivity index (χ4v) is 14.5. The summed E-state index contributed by atoms with van der Waals surface area (Å²) in [5.41, 5.74) is 27.5. The van der Waals surface area contributed by atoms with Crippen LogP contribution in [0.15, 0.2) is 291 Å². The van der Waals surface area contributed by atoms with Crippen LogP contribution in [0.4, 0.5) is 0 Å². The van der Waals surface area contributed by atoms with Gasteiger partial charge in [-0.3, -0.25) is 28.8 Å². The van der Waals surface area contributed by atoms with E-state index in [-0.39, 0.29) is 90.2 Å². The molecule has 0 heterocycles. The number of hydrogen-bond acceptors (Lipinski definition) is 12. The predicted octanol–water partition coefficient (Wildman–Crippen LogP) is 31.6. The maximum Gasteiger partial charge on any atom is 0.312 e. The zero-order chi connectivity index (χ0) is 96.9. The molecule has 0 radical (unpaired) electrons. The normalized spacial score (nSPS) is 13.6. The molecule has 12 aromatic rings. The minimum absolute atomic E-state index is 0.0406. The van der Waals surface area contributed by atoms with Gasteiger partial charge in [0.15, 0.2) is 0 Å². The van der Waals surface area contributed by atoms with Gasteiger partial charge < -0.3 is 28.4 Å². The van der Waals surface area contributed by atoms with Crippen LogP contribution in [0.1, 0.15) is 287 Å². The van der Waals surface area contributed by atoms with Crippen LogP contribution < -0.4 is 0 Å². The number of carbonyl (C=O) groups excluding carboxylic acids is 6. The van der Waals surface area contributed by atoms with E-state index >= 15 is 0 Å². The highest BCUT2D eigenvalue weighted by atomic mass is 16.6. The maximum absolute atomic E-state index is 12.3. The molecule has 0 aliphatic heterocycles. The SMILES string of the molecule is CCC(C)(C)C(=O)OC(C)c1ccc(-c2ccc(C)cc2)cc1.CCC(C)(C)C(=O)OC(C)c1ccc(-c2ccccc2)cc1.CCC(C)(C)C(=O)OC(C)c1ccc2c(c1)Cc1ccccc1-2.CCC(C)C(=O)OC(C)c1ccc(-c2ccc(C)cc2)cc1.CCC(C)C(=O)OC(C)c1ccc(-c2ccccc2)cc1.CCC(C)C(=O)OC(C)c1ccc2c(c1)Cc1ccccc1-2. The van der Waals surface area contributed by atoms with Crippen LogP contribution in [0.2, 0.25) is 0 Å². The highest BCUT2D eigenvalue weighted by Crippen LogP contribution is 2.42. The number of ether oxygens (including phenoxy) is 6. The molecule has 0 bridgehead atoms. The second kappa shape index (κ2) is 49.3. The van der Waals surface area contributed by atoms with Crippen molar-refractivity contribution in [2.75, 3.05) is 0 Å². The lowest BCUT2D eigenvalue weighted by Gasteiger charge is -2.24. The summed E-state index contributed by atoms with van der Waals surface area (Å²) in [6.45, 7) is 45.0. The molecule has 0 N–H and O–H groups in total. The second-order valence-electron chi connectivity index (χ2n) is 37.5. The van der Waals surface area contributed by atoms with E-state index in [1.165, 1.54) is 94.6 Å². The van der Waals surface area contributed by atoms with Crippen molar-refractivity contribution < 1.29 is 57.2 Å². The third kappa shape index (κ3) is 29.5. The number of hydrogen-bond donors (Lipinski definition) is 0. The average Bonchev–Trinajstić information content (AvgIpc) is 1.64. The quantitative estimate of drug-likeness (QED) is 0.0338. The van der Waals surface area contributed by atoms with Gasteiger partial charge in [0.2, 0.25) is 0 Å². The third-order valence-corrected chi connectivity index (χ3v) is 26.2. The van der Waals surface area contributed by atoms with E-state index in [0.29, 0.717) is 0 Å². The highest BCUT2D eigenvalue weighted by Gasteiger charge is 2.33. The van der Waals surface area contributed by atoms with E-state index < -0.39 is 16.2 Å². The lowest BCUT2D eigenvalue weighted by molar-refractivity contribution is -0.160. The average molecular weight is 1790 g/mol. The summed E-state index contributed by atoms with van der Waals surface area (Å²) < 4.78 is 33.5. The molecule has 698 valence electrons. The van der Waals surface area contributed by atoms with Gasteiger partial charge in [-0.05, 0) is 271 Å². The smallest absolute Gasteiger partial charge is 0.312 e. The minimum atomic E-state index is -0.434. The molecule has 0 amide bonds. The summed E-state index contributed by atoms with van der Waals surface area (Å²) in [4.78, 5) is 72.2. The van der Waals surface area contributed by atoms with E-state index in [9.17, 15) is 28.8 Å². The molecule has 0 fully saturated rings. The number of carbonyl (C=O) groups is 6. The summed E-state index contributed by atoms with van der Waals surface area (Å²) >= 11 is 0. The van der Waals surface area contributed by atoms with Crippen molar-refractivity contribution in [2.45, 2.75) is 247 Å². The van der Waals surface area contributed by atoms with E-state index in [1.54, 1.807) is 0 Å². The van der Waals surface area contributed by atoms with Crippen LogP contribution in [0.5, 0.6) is 0 Å². The van der Waals surface area contributed by atoms with Crippen molar-refractivity contribution in [1.82, 2.24) is 0 Å². The monoisotopic (exact) mass is 1790 g/mol. The van der Waals surface area contributed by atoms with Crippen molar-refractivity contribution in [1.29, 1.82) is 0 Å². The summed E-state index contributed by atoms with van der Waals surface area (Å²) in [6.07, 6.45) is 5.34. The molecule has 2 aliphatic rings. The standard InChI is InChI=1S/C21H24O2.C21H26O2.C20H22O2.2C20H24O2.C19H22O2/c1-5-21(3,4)20(22)23-14(2)15-10-11-19-17(12-15)13-16-8-6-7-9-18(16)19;1-6-21(4,5)20(22)23-16(3)17-11-13-19(14-12-17)18-9-7-15(2)8-10-18;1-4-13(2)20(21)22-14(3)15-9-10-19-17(11-15)12-16-7-5-6-8-18(16)19;1-5-15(3)20(21)22-16(4)17-10-12-19(13-11-17)18-8-6-14(2)7-9-18;1-5-20(3,4)19(21)22-15(2)16-11-13-18(14-12-16)17-9-7-6-8-10-17;1-4-14(2)19(20)21-15(3)16-10-12-18(13-11-16)17-8-6-5-7-9-17/h6-12,14H,5,13H2,1-4H3;7-14,16H,6H2,1-5H3;5-11,13-14H,4,12H2,1-3H3;6-13,15-16H,5H2,1-4H3;6-15H,5H2,1-4H3;5-15H,4H2,1-3H3. The first-order chi connectivity index (χ1) is 63.4. The Morgan fingerprint density at radius 2 is 0.444 bits per heavy atom. The van der Waals surface area contributed by atoms with Gasteiger partial charge in [-0.15, -0.1) is 0 Å². The first-order valence-corrected chi connectivity index (χ1v) is 47.7. The molecule has 9 atom stereocenters. The first kappa shape index (κ1) is 104. The Balaban J connectivity index is 0.000000179. The maximum atomic E-state index is 12.3.